The van der Waals surface area contributed by atoms with Gasteiger partial charge in [0.15, 0.2) is 4.96 Å². The largest absolute Gasteiger partial charge is 0.496 e. The molecule has 0 N–H and O–H groups in total. The van der Waals surface area contributed by atoms with Crippen LogP contribution in [0.2, 0.25) is 0 Å². The Morgan fingerprint density at radius 3 is 2.96 bits per heavy atom. The molecule has 24 heavy (non-hydrogen) atoms. The molecule has 0 saturated heterocycles. The molecular weight excluding hydrogens is 328 g/mol. The Kier molecular flexibility index (Phi) is 4.61. The maximum Gasteiger partial charge on any atom is 0.310 e. The number of nitrogens with zero attached hydrogens (tertiary/aromatic N) is 2. The van der Waals surface area contributed by atoms with Gasteiger partial charge in [-0.25, -0.2) is 4.98 Å². The minimum atomic E-state index is -0.396. The summed E-state index contributed by atoms with van der Waals surface area (Å²) in [5.41, 5.74) is 2.06. The molecule has 0 aliphatic rings. The van der Waals surface area contributed by atoms with Gasteiger partial charge in [0.1, 0.15) is 12.4 Å². The van der Waals surface area contributed by atoms with Crippen molar-refractivity contribution in [3.05, 3.63) is 63.0 Å². The highest BCUT2D eigenvalue weighted by atomic mass is 32.1. The fourth-order valence-electron chi connectivity index (χ4n) is 2.37. The molecule has 0 aliphatic heterocycles. The number of methoxy groups -OCH3 is 1. The fourth-order valence-corrected chi connectivity index (χ4v) is 3.11. The van der Waals surface area contributed by atoms with E-state index in [-0.39, 0.29) is 18.6 Å². The number of thiazole rings is 1. The number of benzene rings is 1. The number of hydrogen-bond acceptors (Lipinski definition) is 6. The van der Waals surface area contributed by atoms with E-state index in [1.54, 1.807) is 18.7 Å². The number of aromatic nitrogens is 2. The number of aryl methyl sites for hydroxylation is 1. The number of hydrogen-bond donors (Lipinski definition) is 0. The lowest BCUT2D eigenvalue weighted by molar-refractivity contribution is -0.144. The molecule has 0 atom stereocenters. The van der Waals surface area contributed by atoms with Crippen LogP contribution in [-0.4, -0.2) is 22.5 Å². The summed E-state index contributed by atoms with van der Waals surface area (Å²) in [6.45, 7) is 1.92. The first-order valence-corrected chi connectivity index (χ1v) is 8.19. The summed E-state index contributed by atoms with van der Waals surface area (Å²) in [4.78, 5) is 28.8. The Morgan fingerprint density at radius 2 is 2.17 bits per heavy atom. The SMILES string of the molecule is COc1ccc(C)cc1CC(=O)OCc1cc(=O)n2ccsc2n1. The molecule has 0 radical (unpaired) electrons. The van der Waals surface area contributed by atoms with Crippen molar-refractivity contribution in [3.8, 4) is 5.75 Å². The highest BCUT2D eigenvalue weighted by Crippen LogP contribution is 2.20. The topological polar surface area (TPSA) is 69.9 Å². The second kappa shape index (κ2) is 6.84. The van der Waals surface area contributed by atoms with E-state index in [1.165, 1.54) is 21.8 Å². The van der Waals surface area contributed by atoms with E-state index in [0.29, 0.717) is 16.4 Å². The minimum absolute atomic E-state index is 0.0311. The first-order valence-electron chi connectivity index (χ1n) is 7.32. The quantitative estimate of drug-likeness (QED) is 0.665. The Morgan fingerprint density at radius 1 is 1.33 bits per heavy atom. The number of carbonyl (C=O) groups excluding carboxylic acids is 1. The molecule has 0 aliphatic carbocycles. The van der Waals surface area contributed by atoms with Crippen molar-refractivity contribution < 1.29 is 14.3 Å². The van der Waals surface area contributed by atoms with Crippen LogP contribution in [-0.2, 0) is 22.6 Å². The van der Waals surface area contributed by atoms with E-state index < -0.39 is 5.97 Å². The van der Waals surface area contributed by atoms with E-state index in [2.05, 4.69) is 4.98 Å². The van der Waals surface area contributed by atoms with Crippen molar-refractivity contribution in [1.82, 2.24) is 9.38 Å². The second-order valence-corrected chi connectivity index (χ2v) is 6.17. The van der Waals surface area contributed by atoms with Crippen molar-refractivity contribution in [2.24, 2.45) is 0 Å². The predicted octanol–water partition coefficient (Wildman–Crippen LogP) is 2.36. The third-order valence-electron chi connectivity index (χ3n) is 3.51. The summed E-state index contributed by atoms with van der Waals surface area (Å²) in [5, 5.41) is 1.78. The first kappa shape index (κ1) is 16.2. The van der Waals surface area contributed by atoms with Gasteiger partial charge in [0.25, 0.3) is 5.56 Å². The van der Waals surface area contributed by atoms with E-state index >= 15 is 0 Å². The van der Waals surface area contributed by atoms with Crippen molar-refractivity contribution in [3.63, 3.8) is 0 Å². The van der Waals surface area contributed by atoms with Crippen molar-refractivity contribution >= 4 is 22.3 Å². The Bertz CT molecular complexity index is 945. The maximum atomic E-state index is 12.1. The molecule has 6 nitrogen and oxygen atoms in total. The molecule has 3 rings (SSSR count). The third-order valence-corrected chi connectivity index (χ3v) is 4.26. The van der Waals surface area contributed by atoms with Crippen LogP contribution < -0.4 is 10.3 Å². The van der Waals surface area contributed by atoms with Crippen LogP contribution in [0.1, 0.15) is 16.8 Å². The van der Waals surface area contributed by atoms with Crippen LogP contribution in [0.15, 0.2) is 40.6 Å². The number of rotatable bonds is 5. The van der Waals surface area contributed by atoms with Gasteiger partial charge < -0.3 is 9.47 Å². The minimum Gasteiger partial charge on any atom is -0.496 e. The smallest absolute Gasteiger partial charge is 0.310 e. The highest BCUT2D eigenvalue weighted by molar-refractivity contribution is 7.15. The van der Waals surface area contributed by atoms with Crippen LogP contribution >= 0.6 is 11.3 Å². The molecule has 0 unspecified atom stereocenters. The molecular formula is C17H16N2O4S. The van der Waals surface area contributed by atoms with Gasteiger partial charge in [0, 0.05) is 23.2 Å². The van der Waals surface area contributed by atoms with Gasteiger partial charge in [-0.2, -0.15) is 0 Å². The lowest BCUT2D eigenvalue weighted by Crippen LogP contribution is -2.15. The van der Waals surface area contributed by atoms with E-state index in [0.717, 1.165) is 11.1 Å². The third kappa shape index (κ3) is 3.46. The molecule has 0 fully saturated rings. The van der Waals surface area contributed by atoms with Crippen molar-refractivity contribution in [2.45, 2.75) is 20.0 Å². The summed E-state index contributed by atoms with van der Waals surface area (Å²) in [6, 6.07) is 7.01. The molecule has 0 saturated carbocycles. The Hall–Kier alpha value is -2.67. The molecule has 1 aromatic carbocycles. The lowest BCUT2D eigenvalue weighted by Gasteiger charge is -2.09. The standard InChI is InChI=1S/C17H16N2O4S/c1-11-3-4-14(22-2)12(7-11)8-16(21)23-10-13-9-15(20)19-5-6-24-17(19)18-13/h3-7,9H,8,10H2,1-2H3. The highest BCUT2D eigenvalue weighted by Gasteiger charge is 2.12. The number of ether oxygens (including phenoxy) is 2. The zero-order valence-electron chi connectivity index (χ0n) is 13.3. The van der Waals surface area contributed by atoms with Crippen molar-refractivity contribution in [1.29, 1.82) is 0 Å². The van der Waals surface area contributed by atoms with Gasteiger partial charge >= 0.3 is 5.97 Å². The zero-order chi connectivity index (χ0) is 17.1. The van der Waals surface area contributed by atoms with E-state index in [4.69, 9.17) is 9.47 Å². The molecule has 0 bridgehead atoms. The summed E-state index contributed by atoms with van der Waals surface area (Å²) in [7, 11) is 1.56. The van der Waals surface area contributed by atoms with Crippen LogP contribution in [0.4, 0.5) is 0 Å². The van der Waals surface area contributed by atoms with Gasteiger partial charge in [0.2, 0.25) is 0 Å². The normalized spacial score (nSPS) is 10.8. The van der Waals surface area contributed by atoms with Gasteiger partial charge in [-0.15, -0.1) is 11.3 Å². The van der Waals surface area contributed by atoms with Gasteiger partial charge in [-0.05, 0) is 13.0 Å². The number of carbonyl (C=O) groups is 1. The van der Waals surface area contributed by atoms with Crippen LogP contribution in [0.25, 0.3) is 4.96 Å². The number of fused-ring (bicyclic) bond motifs is 1. The molecule has 0 amide bonds. The second-order valence-electron chi connectivity index (χ2n) is 5.29. The Labute approximate surface area is 142 Å². The summed E-state index contributed by atoms with van der Waals surface area (Å²) < 4.78 is 12.0. The maximum absolute atomic E-state index is 12.1. The van der Waals surface area contributed by atoms with Gasteiger partial charge in [0.05, 0.1) is 19.2 Å². The van der Waals surface area contributed by atoms with E-state index in [9.17, 15) is 9.59 Å². The molecule has 0 spiro atoms. The number of esters is 1. The average molecular weight is 344 g/mol. The zero-order valence-corrected chi connectivity index (χ0v) is 14.1. The molecule has 3 aromatic rings. The summed E-state index contributed by atoms with van der Waals surface area (Å²) in [5.74, 6) is 0.251. The lowest BCUT2D eigenvalue weighted by atomic mass is 10.1. The van der Waals surface area contributed by atoms with Gasteiger partial charge in [-0.1, -0.05) is 17.7 Å². The molecule has 2 aromatic heterocycles. The monoisotopic (exact) mass is 344 g/mol. The fraction of sp³-hybridized carbons (Fsp3) is 0.235. The molecule has 7 heteroatoms. The van der Waals surface area contributed by atoms with E-state index in [1.807, 2.05) is 25.1 Å². The average Bonchev–Trinajstić information content (AvgIpc) is 3.02. The van der Waals surface area contributed by atoms with Crippen LogP contribution in [0.5, 0.6) is 5.75 Å². The van der Waals surface area contributed by atoms with Crippen LogP contribution in [0, 0.1) is 6.92 Å². The van der Waals surface area contributed by atoms with Gasteiger partial charge in [-0.3, -0.25) is 14.0 Å². The first-order chi connectivity index (χ1) is 11.6. The Balaban J connectivity index is 1.69. The summed E-state index contributed by atoms with van der Waals surface area (Å²) in [6.07, 6.45) is 1.76. The van der Waals surface area contributed by atoms with Crippen LogP contribution in [0.3, 0.4) is 0 Å². The van der Waals surface area contributed by atoms with Crippen molar-refractivity contribution in [2.75, 3.05) is 7.11 Å². The molecule has 124 valence electrons. The molecule has 2 heterocycles. The summed E-state index contributed by atoms with van der Waals surface area (Å²) >= 11 is 1.35. The predicted molar refractivity (Wildman–Crippen MR) is 90.6 cm³/mol.